The van der Waals surface area contributed by atoms with Crippen molar-refractivity contribution in [2.45, 2.75) is 64.5 Å². The maximum Gasteiger partial charge on any atom is 0.215 e. The second-order valence-corrected chi connectivity index (χ2v) is 9.23. The van der Waals surface area contributed by atoms with Crippen LogP contribution < -0.4 is 0 Å². The molecule has 1 heterocycles. The maximum atomic E-state index is 12.9. The van der Waals surface area contributed by atoms with Crippen LogP contribution in [0.3, 0.4) is 0 Å². The van der Waals surface area contributed by atoms with Crippen LogP contribution in [0.15, 0.2) is 30.3 Å². The summed E-state index contributed by atoms with van der Waals surface area (Å²) in [6.45, 7) is 8.20. The minimum absolute atomic E-state index is 0.184. The molecular formula is C17H27NO2S. The third-order valence-corrected chi connectivity index (χ3v) is 6.71. The molecule has 0 saturated carbocycles. The van der Waals surface area contributed by atoms with E-state index < -0.39 is 10.0 Å². The van der Waals surface area contributed by atoms with E-state index in [9.17, 15) is 8.42 Å². The van der Waals surface area contributed by atoms with Gasteiger partial charge >= 0.3 is 0 Å². The molecule has 1 aromatic rings. The highest BCUT2D eigenvalue weighted by Crippen LogP contribution is 2.40. The Labute approximate surface area is 129 Å². The Bertz CT molecular complexity index is 560. The maximum absolute atomic E-state index is 12.9. The van der Waals surface area contributed by atoms with Gasteiger partial charge in [-0.2, -0.15) is 4.31 Å². The van der Waals surface area contributed by atoms with Crippen molar-refractivity contribution in [1.29, 1.82) is 0 Å². The van der Waals surface area contributed by atoms with Crippen molar-refractivity contribution in [3.8, 4) is 0 Å². The molecule has 1 fully saturated rings. The first kappa shape index (κ1) is 16.5. The highest BCUT2D eigenvalue weighted by atomic mass is 32.2. The highest BCUT2D eigenvalue weighted by molar-refractivity contribution is 7.89. The SMILES string of the molecule is CC1(C)CCCC(C)(C)N1S(=O)(=O)CCc1ccccc1. The summed E-state index contributed by atoms with van der Waals surface area (Å²) in [5.41, 5.74) is 0.489. The number of benzene rings is 1. The summed E-state index contributed by atoms with van der Waals surface area (Å²) < 4.78 is 27.6. The summed E-state index contributed by atoms with van der Waals surface area (Å²) in [5, 5.41) is 0. The number of sulfonamides is 1. The number of nitrogens with zero attached hydrogens (tertiary/aromatic N) is 1. The molecule has 118 valence electrons. The molecule has 0 radical (unpaired) electrons. The lowest BCUT2D eigenvalue weighted by molar-refractivity contribution is 0.0559. The second kappa shape index (κ2) is 5.73. The molecule has 1 aliphatic rings. The lowest BCUT2D eigenvalue weighted by Gasteiger charge is -2.51. The Hall–Kier alpha value is -0.870. The minimum atomic E-state index is -3.26. The van der Waals surface area contributed by atoms with Gasteiger partial charge in [-0.15, -0.1) is 0 Å². The Morgan fingerprint density at radius 2 is 1.52 bits per heavy atom. The molecule has 4 heteroatoms. The van der Waals surface area contributed by atoms with E-state index in [2.05, 4.69) is 0 Å². The number of aryl methyl sites for hydroxylation is 1. The predicted molar refractivity (Wildman–Crippen MR) is 87.8 cm³/mol. The fourth-order valence-electron chi connectivity index (χ4n) is 3.71. The molecule has 0 aliphatic carbocycles. The van der Waals surface area contributed by atoms with Crippen LogP contribution in [0.5, 0.6) is 0 Å². The van der Waals surface area contributed by atoms with Gasteiger partial charge in [0.15, 0.2) is 0 Å². The number of rotatable bonds is 4. The van der Waals surface area contributed by atoms with Crippen molar-refractivity contribution in [2.24, 2.45) is 0 Å². The van der Waals surface area contributed by atoms with Crippen LogP contribution in [-0.2, 0) is 16.4 Å². The van der Waals surface area contributed by atoms with Crippen LogP contribution in [-0.4, -0.2) is 29.6 Å². The van der Waals surface area contributed by atoms with Crippen molar-refractivity contribution in [2.75, 3.05) is 5.75 Å². The topological polar surface area (TPSA) is 37.4 Å². The van der Waals surface area contributed by atoms with Gasteiger partial charge in [0, 0.05) is 11.1 Å². The van der Waals surface area contributed by atoms with E-state index in [4.69, 9.17) is 0 Å². The fourth-order valence-corrected chi connectivity index (χ4v) is 6.08. The Morgan fingerprint density at radius 3 is 2.05 bits per heavy atom. The zero-order valence-corrected chi connectivity index (χ0v) is 14.4. The first-order valence-corrected chi connectivity index (χ1v) is 9.33. The van der Waals surface area contributed by atoms with E-state index in [1.807, 2.05) is 58.0 Å². The van der Waals surface area contributed by atoms with Crippen molar-refractivity contribution in [3.05, 3.63) is 35.9 Å². The third-order valence-electron chi connectivity index (χ3n) is 4.45. The standard InChI is InChI=1S/C17H27NO2S/c1-16(2)12-8-13-17(3,4)18(16)21(19,20)14-11-15-9-6-5-7-10-15/h5-7,9-10H,8,11-14H2,1-4H3. The molecule has 0 amide bonds. The van der Waals surface area contributed by atoms with E-state index in [0.29, 0.717) is 6.42 Å². The summed E-state index contributed by atoms with van der Waals surface area (Å²) >= 11 is 0. The molecule has 1 saturated heterocycles. The van der Waals surface area contributed by atoms with Gasteiger partial charge in [0.2, 0.25) is 10.0 Å². The third kappa shape index (κ3) is 3.67. The number of hydrogen-bond acceptors (Lipinski definition) is 2. The van der Waals surface area contributed by atoms with Gasteiger partial charge in [0.25, 0.3) is 0 Å². The van der Waals surface area contributed by atoms with Crippen LogP contribution in [0.25, 0.3) is 0 Å². The quantitative estimate of drug-likeness (QED) is 0.852. The molecule has 2 rings (SSSR count). The van der Waals surface area contributed by atoms with E-state index in [-0.39, 0.29) is 16.8 Å². The van der Waals surface area contributed by atoms with Crippen LogP contribution in [0.4, 0.5) is 0 Å². The van der Waals surface area contributed by atoms with Crippen LogP contribution in [0.2, 0.25) is 0 Å². The predicted octanol–water partition coefficient (Wildman–Crippen LogP) is 3.60. The first-order valence-electron chi connectivity index (χ1n) is 7.72. The zero-order valence-electron chi connectivity index (χ0n) is 13.6. The second-order valence-electron chi connectivity index (χ2n) is 7.29. The van der Waals surface area contributed by atoms with Gasteiger partial charge in [0.05, 0.1) is 5.75 Å². The lowest BCUT2D eigenvalue weighted by Crippen LogP contribution is -2.61. The van der Waals surface area contributed by atoms with E-state index >= 15 is 0 Å². The normalized spacial score (nSPS) is 22.1. The molecule has 1 aliphatic heterocycles. The van der Waals surface area contributed by atoms with E-state index in [1.54, 1.807) is 4.31 Å². The van der Waals surface area contributed by atoms with Gasteiger partial charge in [-0.1, -0.05) is 30.3 Å². The molecule has 0 N–H and O–H groups in total. The Morgan fingerprint density at radius 1 is 1.00 bits per heavy atom. The summed E-state index contributed by atoms with van der Waals surface area (Å²) in [6, 6.07) is 9.84. The summed E-state index contributed by atoms with van der Waals surface area (Å²) in [5.74, 6) is 0.184. The fraction of sp³-hybridized carbons (Fsp3) is 0.647. The van der Waals surface area contributed by atoms with Crippen molar-refractivity contribution in [1.82, 2.24) is 4.31 Å². The molecular weight excluding hydrogens is 282 g/mol. The molecule has 0 spiro atoms. The van der Waals surface area contributed by atoms with Gasteiger partial charge < -0.3 is 0 Å². The summed E-state index contributed by atoms with van der Waals surface area (Å²) in [7, 11) is -3.26. The summed E-state index contributed by atoms with van der Waals surface area (Å²) in [4.78, 5) is 0. The Kier molecular flexibility index (Phi) is 4.50. The molecule has 0 unspecified atom stereocenters. The largest absolute Gasteiger partial charge is 0.215 e. The van der Waals surface area contributed by atoms with Crippen LogP contribution >= 0.6 is 0 Å². The smallest absolute Gasteiger partial charge is 0.212 e. The molecule has 21 heavy (non-hydrogen) atoms. The molecule has 1 aromatic carbocycles. The zero-order chi connectivity index (χ0) is 15.7. The van der Waals surface area contributed by atoms with Crippen LogP contribution in [0.1, 0.15) is 52.5 Å². The van der Waals surface area contributed by atoms with E-state index in [0.717, 1.165) is 24.8 Å². The highest BCUT2D eigenvalue weighted by Gasteiger charge is 2.47. The average molecular weight is 309 g/mol. The monoisotopic (exact) mass is 309 g/mol. The first-order chi connectivity index (χ1) is 9.65. The molecule has 3 nitrogen and oxygen atoms in total. The van der Waals surface area contributed by atoms with Gasteiger partial charge in [-0.05, 0) is 58.9 Å². The minimum Gasteiger partial charge on any atom is -0.212 e. The average Bonchev–Trinajstić information content (AvgIpc) is 2.35. The molecule has 0 bridgehead atoms. The molecule has 0 atom stereocenters. The van der Waals surface area contributed by atoms with Crippen molar-refractivity contribution >= 4 is 10.0 Å². The molecule has 0 aromatic heterocycles. The van der Waals surface area contributed by atoms with Crippen molar-refractivity contribution < 1.29 is 8.42 Å². The lowest BCUT2D eigenvalue weighted by atomic mass is 9.83. The van der Waals surface area contributed by atoms with Crippen LogP contribution in [0, 0.1) is 0 Å². The van der Waals surface area contributed by atoms with Crippen molar-refractivity contribution in [3.63, 3.8) is 0 Å². The van der Waals surface area contributed by atoms with Gasteiger partial charge in [0.1, 0.15) is 0 Å². The number of piperidine rings is 1. The number of hydrogen-bond donors (Lipinski definition) is 0. The van der Waals surface area contributed by atoms with E-state index in [1.165, 1.54) is 0 Å². The Balaban J connectivity index is 2.20. The summed E-state index contributed by atoms with van der Waals surface area (Å²) in [6.07, 6.45) is 3.53. The van der Waals surface area contributed by atoms with Gasteiger partial charge in [-0.25, -0.2) is 8.42 Å². The van der Waals surface area contributed by atoms with Gasteiger partial charge in [-0.3, -0.25) is 0 Å².